The highest BCUT2D eigenvalue weighted by molar-refractivity contribution is 9.10. The Hall–Kier alpha value is -2.81. The molecule has 0 bridgehead atoms. The van der Waals surface area contributed by atoms with Crippen molar-refractivity contribution in [3.63, 3.8) is 0 Å². The molecule has 4 aromatic rings. The fraction of sp³-hybridized carbons (Fsp3) is 0.167. The van der Waals surface area contributed by atoms with Gasteiger partial charge in [0.25, 0.3) is 0 Å². The second-order valence-corrected chi connectivity index (χ2v) is 6.95. The van der Waals surface area contributed by atoms with Gasteiger partial charge in [0.1, 0.15) is 23.3 Å². The summed E-state index contributed by atoms with van der Waals surface area (Å²) in [4.78, 5) is 4.03. The van der Waals surface area contributed by atoms with E-state index in [-0.39, 0.29) is 11.6 Å². The predicted octanol–water partition coefficient (Wildman–Crippen LogP) is 4.08. The number of benzene rings is 1. The minimum absolute atomic E-state index is 0.0460. The molecule has 0 amide bonds. The molecule has 3 aromatic heterocycles. The van der Waals surface area contributed by atoms with Gasteiger partial charge in [-0.1, -0.05) is 6.92 Å². The molecular weight excluding hydrogens is 418 g/mol. The monoisotopic (exact) mass is 432 g/mol. The third-order valence-corrected chi connectivity index (χ3v) is 5.09. The number of fused-ring (bicyclic) bond motifs is 1. The largest absolute Gasteiger partial charge is 0.382 e. The van der Waals surface area contributed by atoms with E-state index < -0.39 is 11.6 Å². The third-order valence-electron chi connectivity index (χ3n) is 4.49. The van der Waals surface area contributed by atoms with Crippen molar-refractivity contribution >= 4 is 27.3 Å². The predicted molar refractivity (Wildman–Crippen MR) is 101 cm³/mol. The zero-order valence-electron chi connectivity index (χ0n) is 14.3. The molecule has 4 rings (SSSR count). The molecule has 0 saturated heterocycles. The average Bonchev–Trinajstić information content (AvgIpc) is 3.22. The van der Waals surface area contributed by atoms with Gasteiger partial charge in [0.15, 0.2) is 11.6 Å². The van der Waals surface area contributed by atoms with Gasteiger partial charge >= 0.3 is 0 Å². The minimum atomic E-state index is -0.672. The highest BCUT2D eigenvalue weighted by Crippen LogP contribution is 2.34. The van der Waals surface area contributed by atoms with E-state index in [4.69, 9.17) is 5.73 Å². The van der Waals surface area contributed by atoms with Crippen molar-refractivity contribution < 1.29 is 8.78 Å². The smallest absolute Gasteiger partial charge is 0.152 e. The normalized spacial score (nSPS) is 12.6. The standard InChI is InChI=1S/C18H15BrF2N6/c1-2-12(16-6-13(19)17-18(22)23-9-25-27(16)17)10-7-24-26(8-10)15-4-3-11(20)5-14(15)21/h3-9,12H,2H2,1H3,(H2,22,23,25). The van der Waals surface area contributed by atoms with Gasteiger partial charge in [-0.15, -0.1) is 0 Å². The van der Waals surface area contributed by atoms with Crippen LogP contribution in [0.4, 0.5) is 14.6 Å². The molecule has 2 N–H and O–H groups in total. The number of hydrogen-bond acceptors (Lipinski definition) is 4. The molecule has 0 radical (unpaired) electrons. The fourth-order valence-electron chi connectivity index (χ4n) is 3.22. The van der Waals surface area contributed by atoms with E-state index in [0.29, 0.717) is 11.3 Å². The maximum absolute atomic E-state index is 14.1. The van der Waals surface area contributed by atoms with E-state index in [1.54, 1.807) is 16.9 Å². The van der Waals surface area contributed by atoms with Crippen LogP contribution < -0.4 is 5.73 Å². The van der Waals surface area contributed by atoms with E-state index in [1.807, 2.05) is 13.0 Å². The average molecular weight is 433 g/mol. The molecule has 3 heterocycles. The molecule has 1 unspecified atom stereocenters. The third kappa shape index (κ3) is 2.97. The summed E-state index contributed by atoms with van der Waals surface area (Å²) in [6, 6.07) is 5.35. The highest BCUT2D eigenvalue weighted by atomic mass is 79.9. The van der Waals surface area contributed by atoms with Crippen LogP contribution in [0.25, 0.3) is 11.2 Å². The first-order valence-electron chi connectivity index (χ1n) is 8.27. The minimum Gasteiger partial charge on any atom is -0.382 e. The zero-order valence-corrected chi connectivity index (χ0v) is 15.9. The van der Waals surface area contributed by atoms with Gasteiger partial charge in [-0.2, -0.15) is 10.2 Å². The number of halogens is 3. The Kier molecular flexibility index (Phi) is 4.39. The van der Waals surface area contributed by atoms with Crippen LogP contribution in [-0.2, 0) is 0 Å². The van der Waals surface area contributed by atoms with Crippen LogP contribution in [0.5, 0.6) is 0 Å². The Balaban J connectivity index is 1.79. The van der Waals surface area contributed by atoms with E-state index in [0.717, 1.165) is 28.2 Å². The van der Waals surface area contributed by atoms with Crippen molar-refractivity contribution in [3.8, 4) is 5.69 Å². The van der Waals surface area contributed by atoms with E-state index in [2.05, 4.69) is 31.1 Å². The fourth-order valence-corrected chi connectivity index (χ4v) is 3.83. The number of nitrogen functional groups attached to an aromatic ring is 1. The molecule has 9 heteroatoms. The quantitative estimate of drug-likeness (QED) is 0.527. The van der Waals surface area contributed by atoms with Gasteiger partial charge in [0.05, 0.1) is 11.9 Å². The van der Waals surface area contributed by atoms with Crippen molar-refractivity contribution in [2.45, 2.75) is 19.3 Å². The summed E-state index contributed by atoms with van der Waals surface area (Å²) in [5.41, 5.74) is 8.64. The summed E-state index contributed by atoms with van der Waals surface area (Å²) >= 11 is 3.51. The first-order chi connectivity index (χ1) is 13.0. The molecule has 1 aromatic carbocycles. The summed E-state index contributed by atoms with van der Waals surface area (Å²) in [6.45, 7) is 2.04. The Bertz CT molecular complexity index is 1140. The Morgan fingerprint density at radius 1 is 1.22 bits per heavy atom. The van der Waals surface area contributed by atoms with E-state index >= 15 is 0 Å². The lowest BCUT2D eigenvalue weighted by Crippen LogP contribution is -2.07. The van der Waals surface area contributed by atoms with Gasteiger partial charge in [0.2, 0.25) is 0 Å². The lowest BCUT2D eigenvalue weighted by atomic mass is 9.96. The Morgan fingerprint density at radius 2 is 2.04 bits per heavy atom. The van der Waals surface area contributed by atoms with Gasteiger partial charge in [-0.3, -0.25) is 0 Å². The Labute approximate surface area is 161 Å². The lowest BCUT2D eigenvalue weighted by molar-refractivity contribution is 0.573. The molecular formula is C18H15BrF2N6. The van der Waals surface area contributed by atoms with Crippen molar-refractivity contribution in [3.05, 3.63) is 70.4 Å². The molecule has 0 aliphatic rings. The molecule has 0 fully saturated rings. The van der Waals surface area contributed by atoms with Crippen LogP contribution in [-0.4, -0.2) is 24.4 Å². The molecule has 0 spiro atoms. The second kappa shape index (κ2) is 6.73. The summed E-state index contributed by atoms with van der Waals surface area (Å²) in [5, 5.41) is 8.56. The van der Waals surface area contributed by atoms with Gasteiger partial charge in [-0.05, 0) is 46.1 Å². The topological polar surface area (TPSA) is 74.0 Å². The highest BCUT2D eigenvalue weighted by Gasteiger charge is 2.22. The first kappa shape index (κ1) is 17.6. The van der Waals surface area contributed by atoms with Crippen molar-refractivity contribution in [1.29, 1.82) is 0 Å². The number of nitrogens with zero attached hydrogens (tertiary/aromatic N) is 5. The zero-order chi connectivity index (χ0) is 19.1. The van der Waals surface area contributed by atoms with Crippen LogP contribution in [0.15, 0.2) is 47.5 Å². The molecule has 138 valence electrons. The molecule has 0 aliphatic carbocycles. The molecule has 6 nitrogen and oxygen atoms in total. The van der Waals surface area contributed by atoms with Crippen LogP contribution in [0.2, 0.25) is 0 Å². The number of rotatable bonds is 4. The number of anilines is 1. The van der Waals surface area contributed by atoms with Gasteiger partial charge < -0.3 is 5.73 Å². The van der Waals surface area contributed by atoms with Crippen molar-refractivity contribution in [2.75, 3.05) is 5.73 Å². The molecule has 27 heavy (non-hydrogen) atoms. The van der Waals surface area contributed by atoms with Crippen LogP contribution in [0.3, 0.4) is 0 Å². The molecule has 0 saturated carbocycles. The van der Waals surface area contributed by atoms with Crippen LogP contribution in [0, 0.1) is 11.6 Å². The summed E-state index contributed by atoms with van der Waals surface area (Å²) in [5.74, 6) is -0.969. The van der Waals surface area contributed by atoms with E-state index in [1.165, 1.54) is 23.1 Å². The van der Waals surface area contributed by atoms with Gasteiger partial charge in [-0.25, -0.2) is 23.0 Å². The van der Waals surface area contributed by atoms with Crippen molar-refractivity contribution in [1.82, 2.24) is 24.4 Å². The second-order valence-electron chi connectivity index (χ2n) is 6.10. The number of nitrogens with two attached hydrogens (primary N) is 1. The van der Waals surface area contributed by atoms with Gasteiger partial charge in [0, 0.05) is 22.7 Å². The van der Waals surface area contributed by atoms with Crippen LogP contribution >= 0.6 is 15.9 Å². The SMILES string of the molecule is CCC(c1cnn(-c2ccc(F)cc2F)c1)c1cc(Br)c2c(N)ncnn12. The Morgan fingerprint density at radius 3 is 2.78 bits per heavy atom. The summed E-state index contributed by atoms with van der Waals surface area (Å²) in [6.07, 6.45) is 5.58. The number of aromatic nitrogens is 5. The summed E-state index contributed by atoms with van der Waals surface area (Å²) < 4.78 is 31.2. The maximum atomic E-state index is 14.1. The number of hydrogen-bond donors (Lipinski definition) is 1. The first-order valence-corrected chi connectivity index (χ1v) is 9.06. The molecule has 1 atom stereocenters. The van der Waals surface area contributed by atoms with E-state index in [9.17, 15) is 8.78 Å². The van der Waals surface area contributed by atoms with Crippen LogP contribution in [0.1, 0.15) is 30.5 Å². The summed E-state index contributed by atoms with van der Waals surface area (Å²) in [7, 11) is 0. The maximum Gasteiger partial charge on any atom is 0.152 e. The lowest BCUT2D eigenvalue weighted by Gasteiger charge is -2.13. The molecule has 0 aliphatic heterocycles. The van der Waals surface area contributed by atoms with Crippen molar-refractivity contribution in [2.24, 2.45) is 0 Å².